The molecule has 4 nitrogen and oxygen atoms in total. The number of rotatable bonds is 1. The first-order valence-electron chi connectivity index (χ1n) is 4.59. The molecule has 1 aromatic heterocycles. The number of hydrogen-bond acceptors (Lipinski definition) is 4. The summed E-state index contributed by atoms with van der Waals surface area (Å²) in [4.78, 5) is 10.9. The van der Waals surface area contributed by atoms with Crippen molar-refractivity contribution in [3.8, 4) is 5.75 Å². The van der Waals surface area contributed by atoms with Crippen LogP contribution in [0.25, 0.3) is 0 Å². The number of esters is 1. The monoisotopic (exact) mass is 220 g/mol. The first-order chi connectivity index (χ1) is 7.75. The van der Waals surface area contributed by atoms with Gasteiger partial charge in [0.1, 0.15) is 11.3 Å². The first kappa shape index (κ1) is 11.8. The van der Waals surface area contributed by atoms with Crippen LogP contribution >= 0.6 is 0 Å². The number of phenols is 1. The average molecular weight is 220 g/mol. The summed E-state index contributed by atoms with van der Waals surface area (Å²) in [6.45, 7) is 0. The summed E-state index contributed by atoms with van der Waals surface area (Å²) < 4.78 is 9.00. The van der Waals surface area contributed by atoms with E-state index in [1.807, 2.05) is 12.1 Å². The average Bonchev–Trinajstić information content (AvgIpc) is 2.87. The van der Waals surface area contributed by atoms with Gasteiger partial charge in [-0.1, -0.05) is 12.1 Å². The van der Waals surface area contributed by atoms with E-state index in [1.54, 1.807) is 24.7 Å². The van der Waals surface area contributed by atoms with Crippen LogP contribution in [0.5, 0.6) is 5.75 Å². The minimum Gasteiger partial charge on any atom is -0.507 e. The molecule has 2 aromatic rings. The van der Waals surface area contributed by atoms with Crippen molar-refractivity contribution in [2.24, 2.45) is 0 Å². The number of methoxy groups -OCH3 is 1. The van der Waals surface area contributed by atoms with Crippen LogP contribution in [0, 0.1) is 0 Å². The largest absolute Gasteiger partial charge is 0.507 e. The third-order valence-electron chi connectivity index (χ3n) is 1.73. The number of ether oxygens (including phenoxy) is 1. The Morgan fingerprint density at radius 3 is 2.25 bits per heavy atom. The second-order valence-electron chi connectivity index (χ2n) is 2.80. The Labute approximate surface area is 93.1 Å². The Balaban J connectivity index is 0.000000212. The smallest absolute Gasteiger partial charge is 0.341 e. The van der Waals surface area contributed by atoms with Crippen molar-refractivity contribution >= 4 is 5.97 Å². The lowest BCUT2D eigenvalue weighted by Crippen LogP contribution is -2.00. The normalized spacial score (nSPS) is 8.81. The molecule has 1 N–H and O–H groups in total. The molecule has 0 saturated heterocycles. The topological polar surface area (TPSA) is 59.7 Å². The quantitative estimate of drug-likeness (QED) is 0.750. The van der Waals surface area contributed by atoms with E-state index in [4.69, 9.17) is 5.11 Å². The summed E-state index contributed by atoms with van der Waals surface area (Å²) in [7, 11) is 1.27. The van der Waals surface area contributed by atoms with Gasteiger partial charge in [0.05, 0.1) is 19.6 Å². The van der Waals surface area contributed by atoms with Crippen LogP contribution in [-0.2, 0) is 4.74 Å². The van der Waals surface area contributed by atoms with E-state index in [2.05, 4.69) is 9.15 Å². The van der Waals surface area contributed by atoms with Crippen LogP contribution in [0.1, 0.15) is 10.4 Å². The Morgan fingerprint density at radius 2 is 1.81 bits per heavy atom. The number of benzene rings is 1. The van der Waals surface area contributed by atoms with Crippen molar-refractivity contribution in [1.29, 1.82) is 0 Å². The van der Waals surface area contributed by atoms with Gasteiger partial charge >= 0.3 is 5.97 Å². The summed E-state index contributed by atoms with van der Waals surface area (Å²) in [6.07, 6.45) is 3.25. The fourth-order valence-corrected chi connectivity index (χ4v) is 0.983. The molecule has 0 aliphatic rings. The Bertz CT molecular complexity index is 403. The summed E-state index contributed by atoms with van der Waals surface area (Å²) >= 11 is 0. The summed E-state index contributed by atoms with van der Waals surface area (Å²) in [6, 6.07) is 9.90. The fourth-order valence-electron chi connectivity index (χ4n) is 0.983. The molecule has 0 atom stereocenters. The number of aromatic hydroxyl groups is 1. The summed E-state index contributed by atoms with van der Waals surface area (Å²) in [5.74, 6) is -0.581. The highest BCUT2D eigenvalue weighted by molar-refractivity contribution is 5.92. The van der Waals surface area contributed by atoms with Crippen molar-refractivity contribution < 1.29 is 19.1 Å². The lowest BCUT2D eigenvalue weighted by Gasteiger charge is -1.99. The molecule has 0 amide bonds. The Morgan fingerprint density at radius 1 is 1.19 bits per heavy atom. The number of carbonyl (C=O) groups excluding carboxylic acids is 1. The van der Waals surface area contributed by atoms with Gasteiger partial charge in [0.2, 0.25) is 0 Å². The van der Waals surface area contributed by atoms with E-state index < -0.39 is 5.97 Å². The third-order valence-corrected chi connectivity index (χ3v) is 1.73. The van der Waals surface area contributed by atoms with Gasteiger partial charge in [-0.2, -0.15) is 0 Å². The molecule has 1 aromatic carbocycles. The summed E-state index contributed by atoms with van der Waals surface area (Å²) in [5.41, 5.74) is 0.190. The Hall–Kier alpha value is -2.23. The highest BCUT2D eigenvalue weighted by Crippen LogP contribution is 2.15. The van der Waals surface area contributed by atoms with Gasteiger partial charge in [-0.25, -0.2) is 4.79 Å². The van der Waals surface area contributed by atoms with E-state index in [0.29, 0.717) is 0 Å². The second kappa shape index (κ2) is 6.29. The van der Waals surface area contributed by atoms with Gasteiger partial charge in [0.25, 0.3) is 0 Å². The standard InChI is InChI=1S/C8H8O3.C4H4O/c1-11-8(10)6-4-2-3-5-7(6)9;1-2-4-5-3-1/h2-5,9H,1H3;1-4H. The zero-order chi connectivity index (χ0) is 11.8. The van der Waals surface area contributed by atoms with Gasteiger partial charge in [-0.15, -0.1) is 0 Å². The van der Waals surface area contributed by atoms with Crippen LogP contribution in [0.2, 0.25) is 0 Å². The van der Waals surface area contributed by atoms with Crippen molar-refractivity contribution in [2.75, 3.05) is 7.11 Å². The van der Waals surface area contributed by atoms with Crippen molar-refractivity contribution in [3.05, 3.63) is 54.5 Å². The number of para-hydroxylation sites is 1. The molecule has 0 unspecified atom stereocenters. The zero-order valence-electron chi connectivity index (χ0n) is 8.79. The highest BCUT2D eigenvalue weighted by Gasteiger charge is 2.08. The van der Waals surface area contributed by atoms with Crippen molar-refractivity contribution in [3.63, 3.8) is 0 Å². The minimum absolute atomic E-state index is 0.0562. The molecule has 0 saturated carbocycles. The minimum atomic E-state index is -0.525. The summed E-state index contributed by atoms with van der Waals surface area (Å²) in [5, 5.41) is 9.11. The molecule has 84 valence electrons. The lowest BCUT2D eigenvalue weighted by molar-refractivity contribution is 0.0597. The second-order valence-corrected chi connectivity index (χ2v) is 2.80. The molecule has 1 heterocycles. The van der Waals surface area contributed by atoms with E-state index in [0.717, 1.165) is 0 Å². The van der Waals surface area contributed by atoms with E-state index in [-0.39, 0.29) is 11.3 Å². The predicted octanol–water partition coefficient (Wildman–Crippen LogP) is 2.46. The maximum absolute atomic E-state index is 10.9. The molecule has 0 spiro atoms. The molecule has 0 fully saturated rings. The Kier molecular flexibility index (Phi) is 4.66. The number of furan rings is 1. The number of phenolic OH excluding ortho intramolecular Hbond substituents is 1. The van der Waals surface area contributed by atoms with Gasteiger partial charge in [-0.05, 0) is 24.3 Å². The van der Waals surface area contributed by atoms with Crippen LogP contribution in [-0.4, -0.2) is 18.2 Å². The zero-order valence-corrected chi connectivity index (χ0v) is 8.79. The molecule has 4 heteroatoms. The van der Waals surface area contributed by atoms with E-state index in [1.165, 1.54) is 19.2 Å². The molecular weight excluding hydrogens is 208 g/mol. The molecule has 2 rings (SSSR count). The van der Waals surface area contributed by atoms with Gasteiger partial charge < -0.3 is 14.3 Å². The van der Waals surface area contributed by atoms with Gasteiger partial charge in [0.15, 0.2) is 0 Å². The number of carbonyl (C=O) groups is 1. The predicted molar refractivity (Wildman–Crippen MR) is 58.2 cm³/mol. The SMILES string of the molecule is COC(=O)c1ccccc1O.c1ccoc1. The van der Waals surface area contributed by atoms with Crippen LogP contribution in [0.3, 0.4) is 0 Å². The number of hydrogen-bond donors (Lipinski definition) is 1. The third kappa shape index (κ3) is 3.49. The van der Waals surface area contributed by atoms with Crippen LogP contribution in [0.4, 0.5) is 0 Å². The maximum Gasteiger partial charge on any atom is 0.341 e. The molecular formula is C12H12O4. The fraction of sp³-hybridized carbons (Fsp3) is 0.0833. The molecule has 16 heavy (non-hydrogen) atoms. The van der Waals surface area contributed by atoms with Gasteiger partial charge in [-0.3, -0.25) is 0 Å². The molecule has 0 aliphatic heterocycles. The van der Waals surface area contributed by atoms with Crippen LogP contribution < -0.4 is 0 Å². The van der Waals surface area contributed by atoms with Gasteiger partial charge in [0, 0.05) is 0 Å². The lowest BCUT2D eigenvalue weighted by atomic mass is 10.2. The van der Waals surface area contributed by atoms with Crippen molar-refractivity contribution in [1.82, 2.24) is 0 Å². The highest BCUT2D eigenvalue weighted by atomic mass is 16.5. The van der Waals surface area contributed by atoms with Crippen LogP contribution in [0.15, 0.2) is 53.3 Å². The molecule has 0 radical (unpaired) electrons. The molecule has 0 aliphatic carbocycles. The maximum atomic E-state index is 10.9. The van der Waals surface area contributed by atoms with Crippen molar-refractivity contribution in [2.45, 2.75) is 0 Å². The first-order valence-corrected chi connectivity index (χ1v) is 4.59. The molecule has 0 bridgehead atoms. The van der Waals surface area contributed by atoms with E-state index in [9.17, 15) is 4.79 Å². The van der Waals surface area contributed by atoms with E-state index >= 15 is 0 Å².